The third kappa shape index (κ3) is 3.98. The molecule has 5 rings (SSSR count). The lowest BCUT2D eigenvalue weighted by Gasteiger charge is -2.46. The Morgan fingerprint density at radius 1 is 1.25 bits per heavy atom. The van der Waals surface area contributed by atoms with Crippen LogP contribution in [0.25, 0.3) is 10.2 Å². The molecule has 1 aromatic heterocycles. The van der Waals surface area contributed by atoms with E-state index in [4.69, 9.17) is 5.73 Å². The number of nitriles is 1. The molecule has 0 bridgehead atoms. The number of nitrogens with two attached hydrogens (primary N) is 1. The Bertz CT molecular complexity index is 1370. The fourth-order valence-corrected chi connectivity index (χ4v) is 5.65. The van der Waals surface area contributed by atoms with E-state index in [1.807, 2.05) is 54.6 Å². The Hall–Kier alpha value is -4.21. The molecule has 0 aliphatic carbocycles. The predicted octanol–water partition coefficient (Wildman–Crippen LogP) is 1.51. The summed E-state index contributed by atoms with van der Waals surface area (Å²) in [7, 11) is 1.46. The average molecular weight is 505 g/mol. The average Bonchev–Trinajstić information content (AvgIpc) is 3.42. The molecule has 2 aliphatic heterocycles. The van der Waals surface area contributed by atoms with Gasteiger partial charge in [-0.2, -0.15) is 10.3 Å². The van der Waals surface area contributed by atoms with Crippen molar-refractivity contribution in [3.05, 3.63) is 59.7 Å². The van der Waals surface area contributed by atoms with Crippen molar-refractivity contribution >= 4 is 44.5 Å². The highest BCUT2D eigenvalue weighted by Crippen LogP contribution is 2.37. The molecule has 3 heterocycles. The van der Waals surface area contributed by atoms with Gasteiger partial charge in [0, 0.05) is 13.6 Å². The lowest BCUT2D eigenvalue weighted by atomic mass is 10.00. The Kier molecular flexibility index (Phi) is 6.17. The van der Waals surface area contributed by atoms with Crippen LogP contribution in [0, 0.1) is 11.3 Å². The summed E-state index contributed by atoms with van der Waals surface area (Å²) in [5.41, 5.74) is 8.18. The summed E-state index contributed by atoms with van der Waals surface area (Å²) in [5.74, 6) is -0.511. The van der Waals surface area contributed by atoms with Crippen LogP contribution in [-0.2, 0) is 16.1 Å². The van der Waals surface area contributed by atoms with E-state index in [1.54, 1.807) is 9.91 Å². The quantitative estimate of drug-likeness (QED) is 0.502. The highest BCUT2D eigenvalue weighted by atomic mass is 32.1. The Morgan fingerprint density at radius 3 is 2.75 bits per heavy atom. The van der Waals surface area contributed by atoms with Gasteiger partial charge >= 0.3 is 6.03 Å². The van der Waals surface area contributed by atoms with E-state index in [-0.39, 0.29) is 38.0 Å². The first-order valence-corrected chi connectivity index (χ1v) is 12.2. The standard InChI is InChI=1S/C24H24N8O3S/c1-27-24(35)30(11-10-25)31-14-19(33)32-18(31)13-29(22(34)21(32)15-6-3-2-4-7-15)12-16-8-5-9-17-20(16)28-23(26)36-17/h2-9,18,21H,11-14H2,1H3,(H2,26,28)(H,27,35)/t18-,21+/m1/s1. The maximum atomic E-state index is 13.9. The Balaban J connectivity index is 1.56. The van der Waals surface area contributed by atoms with Gasteiger partial charge in [-0.25, -0.2) is 14.8 Å². The summed E-state index contributed by atoms with van der Waals surface area (Å²) in [6.07, 6.45) is -0.634. The van der Waals surface area contributed by atoms with E-state index in [0.717, 1.165) is 15.8 Å². The first kappa shape index (κ1) is 23.5. The van der Waals surface area contributed by atoms with Gasteiger partial charge in [0.2, 0.25) is 5.91 Å². The normalized spacial score (nSPS) is 19.9. The molecule has 2 atom stereocenters. The number of amides is 4. The molecule has 0 spiro atoms. The van der Waals surface area contributed by atoms with Crippen molar-refractivity contribution in [2.24, 2.45) is 0 Å². The van der Waals surface area contributed by atoms with Gasteiger partial charge in [-0.15, -0.1) is 0 Å². The number of nitrogens with one attached hydrogen (secondary N) is 1. The van der Waals surface area contributed by atoms with Crippen molar-refractivity contribution in [2.75, 3.05) is 32.4 Å². The third-order valence-electron chi connectivity index (χ3n) is 6.43. The van der Waals surface area contributed by atoms with Gasteiger partial charge in [-0.3, -0.25) is 9.59 Å². The van der Waals surface area contributed by atoms with E-state index >= 15 is 0 Å². The summed E-state index contributed by atoms with van der Waals surface area (Å²) in [6, 6.07) is 15.5. The van der Waals surface area contributed by atoms with Crippen LogP contribution in [0.3, 0.4) is 0 Å². The number of piperazine rings is 1. The predicted molar refractivity (Wildman–Crippen MR) is 133 cm³/mol. The minimum Gasteiger partial charge on any atom is -0.375 e. The summed E-state index contributed by atoms with van der Waals surface area (Å²) in [5, 5.41) is 15.1. The second-order valence-electron chi connectivity index (χ2n) is 8.50. The molecule has 0 unspecified atom stereocenters. The number of thiazole rings is 1. The second-order valence-corrected chi connectivity index (χ2v) is 9.56. The highest BCUT2D eigenvalue weighted by molar-refractivity contribution is 7.22. The van der Waals surface area contributed by atoms with Crippen LogP contribution in [-0.4, -0.2) is 75.5 Å². The summed E-state index contributed by atoms with van der Waals surface area (Å²) < 4.78 is 0.924. The number of aromatic nitrogens is 1. The highest BCUT2D eigenvalue weighted by Gasteiger charge is 2.52. The maximum absolute atomic E-state index is 13.9. The van der Waals surface area contributed by atoms with E-state index < -0.39 is 18.2 Å². The number of nitrogen functional groups attached to an aromatic ring is 1. The third-order valence-corrected chi connectivity index (χ3v) is 7.28. The zero-order valence-corrected chi connectivity index (χ0v) is 20.3. The SMILES string of the molecule is CNC(=O)N(CC#N)N1CC(=O)N2[C@@H](c3ccccc3)C(=O)N(Cc3cccc4sc(N)nc34)C[C@@H]21. The van der Waals surface area contributed by atoms with E-state index in [9.17, 15) is 19.6 Å². The zero-order chi connectivity index (χ0) is 25.4. The lowest BCUT2D eigenvalue weighted by Crippen LogP contribution is -2.62. The van der Waals surface area contributed by atoms with Gasteiger partial charge in [-0.05, 0) is 17.2 Å². The second kappa shape index (κ2) is 9.44. The van der Waals surface area contributed by atoms with Gasteiger partial charge in [-0.1, -0.05) is 53.8 Å². The largest absolute Gasteiger partial charge is 0.375 e. The molecule has 12 heteroatoms. The number of benzene rings is 2. The summed E-state index contributed by atoms with van der Waals surface area (Å²) >= 11 is 1.38. The van der Waals surface area contributed by atoms with Gasteiger partial charge < -0.3 is 20.9 Å². The van der Waals surface area contributed by atoms with Crippen LogP contribution in [0.1, 0.15) is 17.2 Å². The Morgan fingerprint density at radius 2 is 2.03 bits per heavy atom. The molecule has 36 heavy (non-hydrogen) atoms. The van der Waals surface area contributed by atoms with Crippen LogP contribution in [0.5, 0.6) is 0 Å². The first-order chi connectivity index (χ1) is 17.4. The summed E-state index contributed by atoms with van der Waals surface area (Å²) in [4.78, 5) is 47.4. The Labute approximate surface area is 211 Å². The summed E-state index contributed by atoms with van der Waals surface area (Å²) in [6.45, 7) is 0.0528. The van der Waals surface area contributed by atoms with Gasteiger partial charge in [0.05, 0.1) is 29.4 Å². The number of carbonyl (C=O) groups is 3. The first-order valence-electron chi connectivity index (χ1n) is 11.3. The number of nitrogens with zero attached hydrogens (tertiary/aromatic N) is 6. The fourth-order valence-electron chi connectivity index (χ4n) is 4.87. The van der Waals surface area contributed by atoms with Crippen molar-refractivity contribution in [1.29, 1.82) is 5.26 Å². The number of hydrazine groups is 1. The molecule has 2 saturated heterocycles. The lowest BCUT2D eigenvalue weighted by molar-refractivity contribution is -0.158. The molecule has 0 saturated carbocycles. The molecule has 4 amide bonds. The number of carbonyl (C=O) groups excluding carboxylic acids is 3. The molecule has 184 valence electrons. The van der Waals surface area contributed by atoms with Crippen molar-refractivity contribution < 1.29 is 14.4 Å². The molecule has 2 aromatic carbocycles. The molecular formula is C24H24N8O3S. The topological polar surface area (TPSA) is 139 Å². The zero-order valence-electron chi connectivity index (χ0n) is 19.5. The van der Waals surface area contributed by atoms with Gasteiger partial charge in [0.25, 0.3) is 5.91 Å². The molecule has 3 aromatic rings. The number of urea groups is 1. The number of hydrogen-bond acceptors (Lipinski definition) is 8. The maximum Gasteiger partial charge on any atom is 0.332 e. The van der Waals surface area contributed by atoms with Crippen molar-refractivity contribution in [2.45, 2.75) is 18.8 Å². The van der Waals surface area contributed by atoms with Crippen LogP contribution >= 0.6 is 11.3 Å². The number of rotatable bonds is 5. The van der Waals surface area contributed by atoms with Crippen LogP contribution in [0.2, 0.25) is 0 Å². The van der Waals surface area contributed by atoms with Crippen LogP contribution in [0.4, 0.5) is 9.93 Å². The van der Waals surface area contributed by atoms with Crippen LogP contribution < -0.4 is 11.1 Å². The van der Waals surface area contributed by atoms with Gasteiger partial charge in [0.15, 0.2) is 5.13 Å². The molecule has 0 radical (unpaired) electrons. The van der Waals surface area contributed by atoms with Crippen molar-refractivity contribution in [1.82, 2.24) is 30.1 Å². The molecule has 2 fully saturated rings. The van der Waals surface area contributed by atoms with E-state index in [0.29, 0.717) is 10.7 Å². The minimum atomic E-state index is -0.865. The van der Waals surface area contributed by atoms with E-state index in [1.165, 1.54) is 28.3 Å². The number of fused-ring (bicyclic) bond motifs is 2. The van der Waals surface area contributed by atoms with Crippen molar-refractivity contribution in [3.63, 3.8) is 0 Å². The molecule has 11 nitrogen and oxygen atoms in total. The van der Waals surface area contributed by atoms with Crippen LogP contribution in [0.15, 0.2) is 48.5 Å². The monoisotopic (exact) mass is 504 g/mol. The molecule has 3 N–H and O–H groups in total. The fraction of sp³-hybridized carbons (Fsp3) is 0.292. The van der Waals surface area contributed by atoms with E-state index in [2.05, 4.69) is 10.3 Å². The van der Waals surface area contributed by atoms with Crippen molar-refractivity contribution in [3.8, 4) is 6.07 Å². The minimum absolute atomic E-state index is 0.123. The smallest absolute Gasteiger partial charge is 0.332 e. The number of para-hydroxylation sites is 1. The number of hydrogen-bond donors (Lipinski definition) is 2. The molecular weight excluding hydrogens is 480 g/mol. The van der Waals surface area contributed by atoms with Gasteiger partial charge in [0.1, 0.15) is 18.8 Å². The molecule has 2 aliphatic rings. The number of anilines is 1.